The normalized spacial score (nSPS) is 11.6. The zero-order valence-electron chi connectivity index (χ0n) is 18.7. The Labute approximate surface area is 198 Å². The number of aromatic nitrogens is 3. The summed E-state index contributed by atoms with van der Waals surface area (Å²) >= 11 is 0. The zero-order chi connectivity index (χ0) is 25.3. The third-order valence-corrected chi connectivity index (χ3v) is 5.46. The van der Waals surface area contributed by atoms with Gasteiger partial charge in [-0.05, 0) is 48.4 Å². The minimum absolute atomic E-state index is 0.301. The molecule has 0 aliphatic heterocycles. The Hall–Kier alpha value is -4.21. The quantitative estimate of drug-likeness (QED) is 0.346. The van der Waals surface area contributed by atoms with Gasteiger partial charge in [-0.1, -0.05) is 24.8 Å². The van der Waals surface area contributed by atoms with Crippen LogP contribution in [0.15, 0.2) is 61.3 Å². The number of aryl methyl sites for hydroxylation is 1. The van der Waals surface area contributed by atoms with E-state index in [1.807, 2.05) is 0 Å². The predicted octanol–water partition coefficient (Wildman–Crippen LogP) is 5.37. The Morgan fingerprint density at radius 1 is 1.17 bits per heavy atom. The third kappa shape index (κ3) is 5.16. The van der Waals surface area contributed by atoms with Crippen molar-refractivity contribution in [1.29, 1.82) is 0 Å². The number of benzene rings is 2. The number of nitrogens with one attached hydrogen (secondary N) is 1. The van der Waals surface area contributed by atoms with E-state index < -0.39 is 24.3 Å². The van der Waals surface area contributed by atoms with Gasteiger partial charge in [0.2, 0.25) is 5.91 Å². The topological polar surface area (TPSA) is 85.3 Å². The average Bonchev–Trinajstić information content (AvgIpc) is 3.21. The van der Waals surface area contributed by atoms with Crippen molar-refractivity contribution in [3.8, 4) is 11.3 Å². The van der Waals surface area contributed by atoms with E-state index in [4.69, 9.17) is 5.73 Å². The van der Waals surface area contributed by atoms with Gasteiger partial charge in [0, 0.05) is 23.2 Å². The van der Waals surface area contributed by atoms with Gasteiger partial charge in [-0.3, -0.25) is 4.79 Å². The van der Waals surface area contributed by atoms with Crippen LogP contribution in [-0.4, -0.2) is 33.2 Å². The Morgan fingerprint density at radius 2 is 1.94 bits per heavy atom. The van der Waals surface area contributed by atoms with E-state index in [9.17, 15) is 22.4 Å². The number of primary amides is 1. The van der Waals surface area contributed by atoms with E-state index in [1.165, 1.54) is 35.0 Å². The fourth-order valence-electron chi connectivity index (χ4n) is 3.71. The van der Waals surface area contributed by atoms with E-state index in [1.54, 1.807) is 31.2 Å². The molecule has 0 unspecified atom stereocenters. The fourth-order valence-corrected chi connectivity index (χ4v) is 3.71. The van der Waals surface area contributed by atoms with Gasteiger partial charge < -0.3 is 11.1 Å². The lowest BCUT2D eigenvalue weighted by Gasteiger charge is -2.14. The van der Waals surface area contributed by atoms with E-state index in [-0.39, 0.29) is 6.54 Å². The summed E-state index contributed by atoms with van der Waals surface area (Å²) in [6, 6.07) is 12.3. The minimum atomic E-state index is -4.33. The molecule has 0 bridgehead atoms. The van der Waals surface area contributed by atoms with Crippen LogP contribution in [0.3, 0.4) is 0 Å². The molecule has 6 nitrogen and oxygen atoms in total. The highest BCUT2D eigenvalue weighted by Gasteiger charge is 2.26. The molecule has 4 aromatic rings. The summed E-state index contributed by atoms with van der Waals surface area (Å²) in [6.45, 7) is 5.38. The van der Waals surface area contributed by atoms with Gasteiger partial charge in [-0.25, -0.2) is 13.9 Å². The van der Waals surface area contributed by atoms with Crippen LogP contribution < -0.4 is 11.1 Å². The Bertz CT molecular complexity index is 1440. The fraction of sp³-hybridized carbons (Fsp3) is 0.160. The number of halogens is 4. The molecule has 0 radical (unpaired) electrons. The molecule has 1 amide bonds. The number of nitrogens with two attached hydrogens (primary N) is 1. The smallest absolute Gasteiger partial charge is 0.382 e. The number of carbonyl (C=O) groups excluding carboxylic acids is 1. The molecule has 3 N–H and O–H groups in total. The summed E-state index contributed by atoms with van der Waals surface area (Å²) < 4.78 is 53.5. The second-order valence-corrected chi connectivity index (χ2v) is 8.00. The van der Waals surface area contributed by atoms with Gasteiger partial charge in [0.1, 0.15) is 5.82 Å². The minimum Gasteiger partial charge on any atom is -0.382 e. The van der Waals surface area contributed by atoms with E-state index in [2.05, 4.69) is 22.0 Å². The number of carbonyl (C=O) groups is 1. The number of hydrogen-bond donors (Lipinski definition) is 2. The standard InChI is InChI=1S/C25H21F4N5O/c1-14-10-17(6-7-19(14)23(30)35)22-13-32-24-21(31-9-8-25(27,28)29)12-20(33-34(22)24)15(2)16-4-3-5-18(26)11-16/h3-7,10-13,31H,2,8-9H2,1H3,(H2,30,35). The first-order valence-corrected chi connectivity index (χ1v) is 10.6. The van der Waals surface area contributed by atoms with Crippen LogP contribution >= 0.6 is 0 Å². The predicted molar refractivity (Wildman–Crippen MR) is 125 cm³/mol. The maximum absolute atomic E-state index is 13.8. The second-order valence-electron chi connectivity index (χ2n) is 8.00. The molecule has 0 saturated carbocycles. The molecule has 180 valence electrons. The van der Waals surface area contributed by atoms with E-state index >= 15 is 0 Å². The lowest BCUT2D eigenvalue weighted by atomic mass is 10.0. The first-order valence-electron chi connectivity index (χ1n) is 10.6. The summed E-state index contributed by atoms with van der Waals surface area (Å²) in [5.41, 5.74) is 9.40. The maximum Gasteiger partial charge on any atom is 0.390 e. The molecule has 4 rings (SSSR count). The number of imidazole rings is 1. The molecule has 0 atom stereocenters. The van der Waals surface area contributed by atoms with Gasteiger partial charge >= 0.3 is 6.18 Å². The molecule has 35 heavy (non-hydrogen) atoms. The van der Waals surface area contributed by atoms with Crippen molar-refractivity contribution in [2.24, 2.45) is 5.73 Å². The lowest BCUT2D eigenvalue weighted by Crippen LogP contribution is -2.15. The summed E-state index contributed by atoms with van der Waals surface area (Å²) in [4.78, 5) is 16.0. The van der Waals surface area contributed by atoms with Gasteiger partial charge in [0.05, 0.1) is 29.7 Å². The molecule has 0 fully saturated rings. The highest BCUT2D eigenvalue weighted by atomic mass is 19.4. The molecular formula is C25H21F4N5O. The summed E-state index contributed by atoms with van der Waals surface area (Å²) in [6.07, 6.45) is -3.84. The van der Waals surface area contributed by atoms with Gasteiger partial charge in [0.15, 0.2) is 5.65 Å². The molecule has 0 aliphatic rings. The summed E-state index contributed by atoms with van der Waals surface area (Å²) in [5.74, 6) is -1.02. The number of amides is 1. The van der Waals surface area contributed by atoms with Crippen LogP contribution in [0.4, 0.5) is 23.2 Å². The van der Waals surface area contributed by atoms with Crippen molar-refractivity contribution in [3.05, 3.63) is 89.5 Å². The maximum atomic E-state index is 13.8. The summed E-state index contributed by atoms with van der Waals surface area (Å²) in [7, 11) is 0. The van der Waals surface area contributed by atoms with Crippen LogP contribution in [0.5, 0.6) is 0 Å². The van der Waals surface area contributed by atoms with Gasteiger partial charge in [0.25, 0.3) is 0 Å². The number of nitrogens with zero attached hydrogens (tertiary/aromatic N) is 3. The summed E-state index contributed by atoms with van der Waals surface area (Å²) in [5, 5.41) is 7.38. The van der Waals surface area contributed by atoms with Gasteiger partial charge in [-0.2, -0.15) is 18.3 Å². The van der Waals surface area contributed by atoms with Crippen LogP contribution in [0.25, 0.3) is 22.5 Å². The van der Waals surface area contributed by atoms with Crippen molar-refractivity contribution < 1.29 is 22.4 Å². The first-order chi connectivity index (χ1) is 16.5. The van der Waals surface area contributed by atoms with Crippen molar-refractivity contribution in [1.82, 2.24) is 14.6 Å². The molecule has 2 aromatic heterocycles. The molecule has 2 heterocycles. The van der Waals surface area contributed by atoms with Crippen molar-refractivity contribution in [2.45, 2.75) is 19.5 Å². The Kier molecular flexibility index (Phi) is 6.29. The van der Waals surface area contributed by atoms with Crippen LogP contribution in [-0.2, 0) is 0 Å². The van der Waals surface area contributed by atoms with Crippen LogP contribution in [0.1, 0.15) is 33.6 Å². The van der Waals surface area contributed by atoms with Crippen molar-refractivity contribution in [2.75, 3.05) is 11.9 Å². The average molecular weight is 483 g/mol. The molecule has 2 aromatic carbocycles. The zero-order valence-corrected chi connectivity index (χ0v) is 18.7. The number of anilines is 1. The number of fused-ring (bicyclic) bond motifs is 1. The van der Waals surface area contributed by atoms with Crippen LogP contribution in [0.2, 0.25) is 0 Å². The van der Waals surface area contributed by atoms with Gasteiger partial charge in [-0.15, -0.1) is 0 Å². The second kappa shape index (κ2) is 9.21. The monoisotopic (exact) mass is 483 g/mol. The van der Waals surface area contributed by atoms with Crippen LogP contribution in [0, 0.1) is 12.7 Å². The highest BCUT2D eigenvalue weighted by Crippen LogP contribution is 2.30. The molecule has 10 heteroatoms. The van der Waals surface area contributed by atoms with Crippen molar-refractivity contribution in [3.63, 3.8) is 0 Å². The highest BCUT2D eigenvalue weighted by molar-refractivity contribution is 5.95. The molecule has 0 aliphatic carbocycles. The molecular weight excluding hydrogens is 462 g/mol. The molecule has 0 spiro atoms. The first kappa shape index (κ1) is 23.9. The van der Waals surface area contributed by atoms with E-state index in [0.717, 1.165) is 0 Å². The third-order valence-electron chi connectivity index (χ3n) is 5.46. The Balaban J connectivity index is 1.83. The largest absolute Gasteiger partial charge is 0.390 e. The van der Waals surface area contributed by atoms with Crippen molar-refractivity contribution >= 4 is 22.8 Å². The number of hydrogen-bond acceptors (Lipinski definition) is 4. The number of rotatable bonds is 7. The Morgan fingerprint density at radius 3 is 2.60 bits per heavy atom. The SMILES string of the molecule is C=C(c1cccc(F)c1)c1cc(NCCC(F)(F)F)c2ncc(-c3ccc(C(N)=O)c(C)c3)n2n1. The number of alkyl halides is 3. The molecule has 0 saturated heterocycles. The lowest BCUT2D eigenvalue weighted by molar-refractivity contribution is -0.131. The van der Waals surface area contributed by atoms with E-state index in [0.29, 0.717) is 50.5 Å².